The number of carbonyl (C=O) groups is 1. The lowest BCUT2D eigenvalue weighted by Crippen LogP contribution is -2.14. The highest BCUT2D eigenvalue weighted by atomic mass is 32.2. The molecule has 0 spiro atoms. The van der Waals surface area contributed by atoms with Crippen LogP contribution in [-0.2, 0) is 4.79 Å². The molecule has 0 aliphatic heterocycles. The third-order valence-corrected chi connectivity index (χ3v) is 4.07. The van der Waals surface area contributed by atoms with E-state index in [1.165, 1.54) is 37.1 Å². The number of anilines is 1. The van der Waals surface area contributed by atoms with Crippen LogP contribution in [0.3, 0.4) is 0 Å². The first-order valence-corrected chi connectivity index (χ1v) is 7.40. The Kier molecular flexibility index (Phi) is 5.22. The number of hydrogen-bond acceptors (Lipinski definition) is 3. The van der Waals surface area contributed by atoms with E-state index >= 15 is 0 Å². The van der Waals surface area contributed by atoms with Crippen LogP contribution in [0.2, 0.25) is 0 Å². The predicted molar refractivity (Wildman–Crippen MR) is 83.5 cm³/mol. The SMILES string of the molecule is COc1cc(F)ccc1NC(=O)CSc1ccccc1C. The number of rotatable bonds is 5. The molecule has 0 fully saturated rings. The summed E-state index contributed by atoms with van der Waals surface area (Å²) in [7, 11) is 1.44. The lowest BCUT2D eigenvalue weighted by atomic mass is 10.2. The monoisotopic (exact) mass is 305 g/mol. The number of methoxy groups -OCH3 is 1. The molecule has 0 aliphatic rings. The lowest BCUT2D eigenvalue weighted by Gasteiger charge is -2.10. The molecule has 0 bridgehead atoms. The summed E-state index contributed by atoms with van der Waals surface area (Å²) in [6.45, 7) is 2.00. The first-order chi connectivity index (χ1) is 10.1. The third kappa shape index (κ3) is 4.23. The van der Waals surface area contributed by atoms with Gasteiger partial charge in [0.25, 0.3) is 0 Å². The van der Waals surface area contributed by atoms with Gasteiger partial charge in [0.15, 0.2) is 0 Å². The van der Waals surface area contributed by atoms with Crippen molar-refractivity contribution in [3.63, 3.8) is 0 Å². The predicted octanol–water partition coefficient (Wildman–Crippen LogP) is 3.87. The number of aryl methyl sites for hydroxylation is 1. The number of thioether (sulfide) groups is 1. The molecule has 0 aliphatic carbocycles. The summed E-state index contributed by atoms with van der Waals surface area (Å²) in [5.41, 5.74) is 1.60. The molecule has 3 nitrogen and oxygen atoms in total. The first kappa shape index (κ1) is 15.4. The third-order valence-electron chi connectivity index (χ3n) is 2.89. The van der Waals surface area contributed by atoms with Gasteiger partial charge in [0.05, 0.1) is 18.6 Å². The summed E-state index contributed by atoms with van der Waals surface area (Å²) in [6, 6.07) is 11.9. The minimum atomic E-state index is -0.404. The molecule has 1 amide bonds. The van der Waals surface area contributed by atoms with Crippen molar-refractivity contribution in [2.24, 2.45) is 0 Å². The molecule has 0 unspecified atom stereocenters. The van der Waals surface area contributed by atoms with E-state index in [1.807, 2.05) is 31.2 Å². The van der Waals surface area contributed by atoms with Crippen LogP contribution >= 0.6 is 11.8 Å². The van der Waals surface area contributed by atoms with Gasteiger partial charge in [0.1, 0.15) is 11.6 Å². The summed E-state index contributed by atoms with van der Waals surface area (Å²) in [5.74, 6) is 0.0299. The van der Waals surface area contributed by atoms with E-state index in [4.69, 9.17) is 4.74 Å². The summed E-state index contributed by atoms with van der Waals surface area (Å²) < 4.78 is 18.1. The number of carbonyl (C=O) groups excluding carboxylic acids is 1. The summed E-state index contributed by atoms with van der Waals surface area (Å²) >= 11 is 1.46. The van der Waals surface area contributed by atoms with Gasteiger partial charge in [-0.15, -0.1) is 11.8 Å². The van der Waals surface area contributed by atoms with E-state index in [-0.39, 0.29) is 11.7 Å². The minimum absolute atomic E-state index is 0.159. The number of halogens is 1. The summed E-state index contributed by atoms with van der Waals surface area (Å²) in [5, 5.41) is 2.73. The van der Waals surface area contributed by atoms with Gasteiger partial charge in [0.2, 0.25) is 5.91 Å². The molecule has 2 aromatic rings. The molecule has 0 saturated carbocycles. The Bertz CT molecular complexity index is 646. The van der Waals surface area contributed by atoms with Crippen molar-refractivity contribution >= 4 is 23.4 Å². The molecule has 2 aromatic carbocycles. The fourth-order valence-corrected chi connectivity index (χ4v) is 2.65. The highest BCUT2D eigenvalue weighted by molar-refractivity contribution is 8.00. The molecule has 0 radical (unpaired) electrons. The molecule has 2 rings (SSSR count). The average molecular weight is 305 g/mol. The van der Waals surface area contributed by atoms with Gasteiger partial charge in [-0.3, -0.25) is 4.79 Å². The molecule has 21 heavy (non-hydrogen) atoms. The maximum absolute atomic E-state index is 13.1. The zero-order valence-electron chi connectivity index (χ0n) is 11.9. The number of benzene rings is 2. The van der Waals surface area contributed by atoms with Gasteiger partial charge in [-0.1, -0.05) is 18.2 Å². The maximum atomic E-state index is 13.1. The van der Waals surface area contributed by atoms with Crippen molar-refractivity contribution < 1.29 is 13.9 Å². The molecule has 0 atom stereocenters. The first-order valence-electron chi connectivity index (χ1n) is 6.42. The van der Waals surface area contributed by atoms with Crippen molar-refractivity contribution in [3.05, 3.63) is 53.8 Å². The van der Waals surface area contributed by atoms with E-state index in [0.29, 0.717) is 11.4 Å². The van der Waals surface area contributed by atoms with Crippen LogP contribution in [-0.4, -0.2) is 18.8 Å². The van der Waals surface area contributed by atoms with Gasteiger partial charge in [-0.2, -0.15) is 0 Å². The van der Waals surface area contributed by atoms with Crippen LogP contribution in [0.5, 0.6) is 5.75 Å². The van der Waals surface area contributed by atoms with Crippen LogP contribution < -0.4 is 10.1 Å². The fourth-order valence-electron chi connectivity index (χ4n) is 1.82. The zero-order valence-corrected chi connectivity index (χ0v) is 12.7. The van der Waals surface area contributed by atoms with Crippen molar-refractivity contribution in [2.45, 2.75) is 11.8 Å². The molecule has 5 heteroatoms. The molecular formula is C16H16FNO2S. The number of ether oxygens (including phenoxy) is 1. The topological polar surface area (TPSA) is 38.3 Å². The van der Waals surface area contributed by atoms with Crippen LogP contribution in [0.15, 0.2) is 47.4 Å². The Morgan fingerprint density at radius 1 is 1.29 bits per heavy atom. The minimum Gasteiger partial charge on any atom is -0.494 e. The van der Waals surface area contributed by atoms with Crippen LogP contribution in [0, 0.1) is 12.7 Å². The quantitative estimate of drug-likeness (QED) is 0.852. The highest BCUT2D eigenvalue weighted by Gasteiger charge is 2.09. The Hall–Kier alpha value is -2.01. The summed E-state index contributed by atoms with van der Waals surface area (Å²) in [6.07, 6.45) is 0. The van der Waals surface area contributed by atoms with Gasteiger partial charge in [-0.05, 0) is 30.7 Å². The zero-order chi connectivity index (χ0) is 15.2. The van der Waals surface area contributed by atoms with Gasteiger partial charge in [0, 0.05) is 11.0 Å². The van der Waals surface area contributed by atoms with E-state index in [1.54, 1.807) is 0 Å². The summed E-state index contributed by atoms with van der Waals surface area (Å²) in [4.78, 5) is 13.0. The van der Waals surface area contributed by atoms with E-state index in [0.717, 1.165) is 10.5 Å². The lowest BCUT2D eigenvalue weighted by molar-refractivity contribution is -0.113. The molecule has 0 aromatic heterocycles. The van der Waals surface area contributed by atoms with Crippen LogP contribution in [0.25, 0.3) is 0 Å². The Morgan fingerprint density at radius 2 is 2.05 bits per heavy atom. The molecule has 0 heterocycles. The normalized spacial score (nSPS) is 10.2. The largest absolute Gasteiger partial charge is 0.494 e. The Labute approximate surface area is 127 Å². The number of nitrogens with one attached hydrogen (secondary N) is 1. The second-order valence-electron chi connectivity index (χ2n) is 4.45. The van der Waals surface area contributed by atoms with E-state index < -0.39 is 5.82 Å². The second kappa shape index (κ2) is 7.13. The maximum Gasteiger partial charge on any atom is 0.234 e. The van der Waals surface area contributed by atoms with Gasteiger partial charge >= 0.3 is 0 Å². The fraction of sp³-hybridized carbons (Fsp3) is 0.188. The Balaban J connectivity index is 1.98. The van der Waals surface area contributed by atoms with Crippen LogP contribution in [0.4, 0.5) is 10.1 Å². The van der Waals surface area contributed by atoms with Crippen LogP contribution in [0.1, 0.15) is 5.56 Å². The standard InChI is InChI=1S/C16H16FNO2S/c1-11-5-3-4-6-15(11)21-10-16(19)18-13-8-7-12(17)9-14(13)20-2/h3-9H,10H2,1-2H3,(H,18,19). The average Bonchev–Trinajstić information content (AvgIpc) is 2.48. The Morgan fingerprint density at radius 3 is 2.76 bits per heavy atom. The van der Waals surface area contributed by atoms with Gasteiger partial charge < -0.3 is 10.1 Å². The van der Waals surface area contributed by atoms with E-state index in [9.17, 15) is 9.18 Å². The second-order valence-corrected chi connectivity index (χ2v) is 5.46. The van der Waals surface area contributed by atoms with Crippen molar-refractivity contribution in [2.75, 3.05) is 18.2 Å². The van der Waals surface area contributed by atoms with Crippen molar-refractivity contribution in [3.8, 4) is 5.75 Å². The molecule has 0 saturated heterocycles. The van der Waals surface area contributed by atoms with Gasteiger partial charge in [-0.25, -0.2) is 4.39 Å². The van der Waals surface area contributed by atoms with Crippen molar-refractivity contribution in [1.29, 1.82) is 0 Å². The number of hydrogen-bond donors (Lipinski definition) is 1. The molecule has 110 valence electrons. The van der Waals surface area contributed by atoms with E-state index in [2.05, 4.69) is 5.32 Å². The van der Waals surface area contributed by atoms with Crippen molar-refractivity contribution in [1.82, 2.24) is 0 Å². The highest BCUT2D eigenvalue weighted by Crippen LogP contribution is 2.26. The molecular weight excluding hydrogens is 289 g/mol. The smallest absolute Gasteiger partial charge is 0.234 e. The molecule has 1 N–H and O–H groups in total. The number of amides is 1.